The zero-order chi connectivity index (χ0) is 8.10. The predicted molar refractivity (Wildman–Crippen MR) is 44.4 cm³/mol. The van der Waals surface area contributed by atoms with Crippen LogP contribution in [0.4, 0.5) is 0 Å². The summed E-state index contributed by atoms with van der Waals surface area (Å²) in [4.78, 5) is 0. The summed E-state index contributed by atoms with van der Waals surface area (Å²) in [5.74, 6) is 0. The summed E-state index contributed by atoms with van der Waals surface area (Å²) in [6, 6.07) is 9.78. The average Bonchev–Trinajstić information content (AvgIpc) is 2.03. The Morgan fingerprint density at radius 1 is 1.36 bits per heavy atom. The van der Waals surface area contributed by atoms with Crippen molar-refractivity contribution in [3.63, 3.8) is 0 Å². The first-order valence-electron chi connectivity index (χ1n) is 3.47. The molecule has 0 aliphatic heterocycles. The quantitative estimate of drug-likeness (QED) is 0.658. The van der Waals surface area contributed by atoms with Crippen LogP contribution >= 0.6 is 0 Å². The van der Waals surface area contributed by atoms with E-state index in [1.807, 2.05) is 30.3 Å². The van der Waals surface area contributed by atoms with E-state index in [2.05, 4.69) is 5.43 Å². The molecule has 0 spiro atoms. The lowest BCUT2D eigenvalue weighted by Gasteiger charge is -2.22. The highest BCUT2D eigenvalue weighted by atomic mass is 16.5. The zero-order valence-corrected chi connectivity index (χ0v) is 6.45. The molecular weight excluding hydrogens is 140 g/mol. The molecule has 0 unspecified atom stereocenters. The van der Waals surface area contributed by atoms with E-state index < -0.39 is 0 Å². The molecule has 1 N–H and O–H groups in total. The highest BCUT2D eigenvalue weighted by Crippen LogP contribution is 1.96. The Kier molecular flexibility index (Phi) is 3.04. The van der Waals surface area contributed by atoms with E-state index in [4.69, 9.17) is 0 Å². The van der Waals surface area contributed by atoms with Gasteiger partial charge in [0.2, 0.25) is 0 Å². The molecule has 3 heteroatoms. The lowest BCUT2D eigenvalue weighted by Crippen LogP contribution is -2.27. The molecule has 0 heterocycles. The van der Waals surface area contributed by atoms with Crippen molar-refractivity contribution in [2.24, 2.45) is 0 Å². The number of rotatable bonds is 3. The Balaban J connectivity index is 2.39. The molecule has 1 rings (SSSR count). The molecule has 1 aromatic carbocycles. The van der Waals surface area contributed by atoms with Gasteiger partial charge in [0, 0.05) is 6.54 Å². The van der Waals surface area contributed by atoms with Crippen molar-refractivity contribution >= 4 is 0 Å². The van der Waals surface area contributed by atoms with E-state index in [0.717, 1.165) is 5.56 Å². The second-order valence-corrected chi connectivity index (χ2v) is 2.32. The van der Waals surface area contributed by atoms with Crippen molar-refractivity contribution in [2.45, 2.75) is 6.54 Å². The summed E-state index contributed by atoms with van der Waals surface area (Å²) in [7, 11) is 1.43. The van der Waals surface area contributed by atoms with Crippen molar-refractivity contribution in [1.82, 2.24) is 10.6 Å². The summed E-state index contributed by atoms with van der Waals surface area (Å²) >= 11 is 0. The van der Waals surface area contributed by atoms with Gasteiger partial charge in [0.25, 0.3) is 0 Å². The fraction of sp³-hybridized carbons (Fsp3) is 0.250. The Hall–Kier alpha value is -0.900. The van der Waals surface area contributed by atoms with Crippen LogP contribution in [0.2, 0.25) is 0 Å². The van der Waals surface area contributed by atoms with Crippen LogP contribution < -0.4 is 5.43 Å². The largest absolute Gasteiger partial charge is 0.772 e. The number of nitrogens with zero attached hydrogens (tertiary/aromatic N) is 1. The minimum Gasteiger partial charge on any atom is -0.772 e. The molecule has 0 radical (unpaired) electrons. The van der Waals surface area contributed by atoms with Gasteiger partial charge >= 0.3 is 0 Å². The molecule has 11 heavy (non-hydrogen) atoms. The van der Waals surface area contributed by atoms with Gasteiger partial charge in [0.05, 0.1) is 0 Å². The van der Waals surface area contributed by atoms with E-state index in [9.17, 15) is 5.21 Å². The highest BCUT2D eigenvalue weighted by Gasteiger charge is 1.87. The first kappa shape index (κ1) is 8.20. The Morgan fingerprint density at radius 3 is 2.55 bits per heavy atom. The maximum atomic E-state index is 10.4. The predicted octanol–water partition coefficient (Wildman–Crippen LogP) is 1.12. The molecule has 0 saturated carbocycles. The first-order valence-corrected chi connectivity index (χ1v) is 3.47. The Bertz CT molecular complexity index is 199. The smallest absolute Gasteiger partial charge is 0.0343 e. The topological polar surface area (TPSA) is 38.3 Å². The van der Waals surface area contributed by atoms with Gasteiger partial charge in [0.1, 0.15) is 0 Å². The first-order chi connectivity index (χ1) is 5.29. The molecule has 0 aliphatic rings. The summed E-state index contributed by atoms with van der Waals surface area (Å²) < 4.78 is 0. The van der Waals surface area contributed by atoms with Gasteiger partial charge in [0.15, 0.2) is 0 Å². The normalized spacial score (nSPS) is 10.5. The van der Waals surface area contributed by atoms with Gasteiger partial charge in [-0.1, -0.05) is 30.3 Å². The van der Waals surface area contributed by atoms with Crippen LogP contribution in [0.5, 0.6) is 0 Å². The fourth-order valence-electron chi connectivity index (χ4n) is 0.798. The SMILES string of the molecule is CN([O-])NCc1ccccc1. The van der Waals surface area contributed by atoms with Crippen LogP contribution in [0, 0.1) is 5.21 Å². The van der Waals surface area contributed by atoms with E-state index >= 15 is 0 Å². The van der Waals surface area contributed by atoms with E-state index in [1.54, 1.807) is 0 Å². The molecule has 0 atom stereocenters. The summed E-state index contributed by atoms with van der Waals surface area (Å²) in [5.41, 5.74) is 3.75. The third-order valence-electron chi connectivity index (χ3n) is 1.35. The van der Waals surface area contributed by atoms with Gasteiger partial charge in [-0.05, 0) is 12.6 Å². The maximum absolute atomic E-state index is 10.4. The lowest BCUT2D eigenvalue weighted by atomic mass is 10.2. The second kappa shape index (κ2) is 4.08. The molecule has 0 aliphatic carbocycles. The van der Waals surface area contributed by atoms with Crippen LogP contribution in [0.3, 0.4) is 0 Å². The minimum absolute atomic E-state index is 0.584. The van der Waals surface area contributed by atoms with Gasteiger partial charge in [-0.15, -0.1) is 0 Å². The van der Waals surface area contributed by atoms with Gasteiger partial charge in [-0.3, -0.25) is 5.43 Å². The number of benzene rings is 1. The summed E-state index contributed by atoms with van der Waals surface area (Å²) in [6.07, 6.45) is 0. The number of hydrogen-bond acceptors (Lipinski definition) is 3. The third-order valence-corrected chi connectivity index (χ3v) is 1.35. The van der Waals surface area contributed by atoms with Crippen LogP contribution in [0.15, 0.2) is 30.3 Å². The zero-order valence-electron chi connectivity index (χ0n) is 6.45. The van der Waals surface area contributed by atoms with E-state index in [0.29, 0.717) is 11.7 Å². The monoisotopic (exact) mass is 151 g/mol. The number of hydroxylamine groups is 1. The van der Waals surface area contributed by atoms with Crippen molar-refractivity contribution in [1.29, 1.82) is 0 Å². The lowest BCUT2D eigenvalue weighted by molar-refractivity contribution is 0.325. The number of hydrazine groups is 1. The molecule has 0 aromatic heterocycles. The van der Waals surface area contributed by atoms with Crippen molar-refractivity contribution < 1.29 is 0 Å². The molecule has 60 valence electrons. The van der Waals surface area contributed by atoms with Crippen molar-refractivity contribution in [3.8, 4) is 0 Å². The second-order valence-electron chi connectivity index (χ2n) is 2.32. The molecular formula is C8H11N2O-. The van der Waals surface area contributed by atoms with Crippen molar-refractivity contribution in [3.05, 3.63) is 41.1 Å². The average molecular weight is 151 g/mol. The fourth-order valence-corrected chi connectivity index (χ4v) is 0.798. The van der Waals surface area contributed by atoms with E-state index in [1.165, 1.54) is 7.05 Å². The molecule has 0 amide bonds. The molecule has 1 aromatic rings. The summed E-state index contributed by atoms with van der Waals surface area (Å²) in [5, 5.41) is 11.1. The van der Waals surface area contributed by atoms with E-state index in [-0.39, 0.29) is 0 Å². The third kappa shape index (κ3) is 3.13. The number of nitrogens with one attached hydrogen (secondary N) is 1. The Morgan fingerprint density at radius 2 is 2.00 bits per heavy atom. The summed E-state index contributed by atoms with van der Waals surface area (Å²) in [6.45, 7) is 0.584. The van der Waals surface area contributed by atoms with Crippen LogP contribution in [0.1, 0.15) is 5.56 Å². The highest BCUT2D eigenvalue weighted by molar-refractivity contribution is 5.13. The standard InChI is InChI=1S/C8H11N2O/c1-10(11)9-7-8-5-3-2-4-6-8/h2-6,9H,7H2,1H3/q-1. The molecule has 0 bridgehead atoms. The minimum atomic E-state index is 0.584. The van der Waals surface area contributed by atoms with Gasteiger partial charge in [-0.25, -0.2) is 0 Å². The molecule has 0 fully saturated rings. The Labute approximate surface area is 66.2 Å². The van der Waals surface area contributed by atoms with Gasteiger partial charge in [-0.2, -0.15) is 0 Å². The van der Waals surface area contributed by atoms with Crippen LogP contribution in [0.25, 0.3) is 0 Å². The van der Waals surface area contributed by atoms with Crippen LogP contribution in [-0.4, -0.2) is 12.2 Å². The number of hydrogen-bond donors (Lipinski definition) is 1. The maximum Gasteiger partial charge on any atom is 0.0343 e. The molecule has 0 saturated heterocycles. The van der Waals surface area contributed by atoms with Gasteiger partial charge < -0.3 is 10.4 Å². The molecule has 3 nitrogen and oxygen atoms in total. The van der Waals surface area contributed by atoms with Crippen molar-refractivity contribution in [2.75, 3.05) is 7.05 Å². The van der Waals surface area contributed by atoms with Crippen LogP contribution in [-0.2, 0) is 6.54 Å².